The van der Waals surface area contributed by atoms with Gasteiger partial charge in [-0.25, -0.2) is 9.37 Å². The van der Waals surface area contributed by atoms with Crippen molar-refractivity contribution in [2.45, 2.75) is 50.6 Å². The normalized spacial score (nSPS) is 18.5. The van der Waals surface area contributed by atoms with Crippen molar-refractivity contribution in [3.63, 3.8) is 0 Å². The van der Waals surface area contributed by atoms with Crippen LogP contribution in [0.1, 0.15) is 38.2 Å². The van der Waals surface area contributed by atoms with Gasteiger partial charge in [0.25, 0.3) is 0 Å². The van der Waals surface area contributed by atoms with Gasteiger partial charge in [0.1, 0.15) is 18.5 Å². The van der Waals surface area contributed by atoms with E-state index in [1.807, 2.05) is 10.7 Å². The zero-order chi connectivity index (χ0) is 15.4. The Morgan fingerprint density at radius 1 is 1.36 bits per heavy atom. The minimum absolute atomic E-state index is 0.0682. The number of nitrogens with zero attached hydrogens (tertiary/aromatic N) is 3. The van der Waals surface area contributed by atoms with E-state index in [0.29, 0.717) is 6.04 Å². The van der Waals surface area contributed by atoms with Crippen molar-refractivity contribution < 1.29 is 4.39 Å². The Balaban J connectivity index is 1.67. The second kappa shape index (κ2) is 6.57. The van der Waals surface area contributed by atoms with Crippen LogP contribution in [-0.2, 0) is 12.0 Å². The summed E-state index contributed by atoms with van der Waals surface area (Å²) in [5.41, 5.74) is 1.20. The third-order valence-corrected chi connectivity index (χ3v) is 4.71. The minimum atomic E-state index is -0.139. The minimum Gasteiger partial charge on any atom is -0.312 e. The number of aromatic nitrogens is 3. The maximum absolute atomic E-state index is 13.6. The topological polar surface area (TPSA) is 42.7 Å². The summed E-state index contributed by atoms with van der Waals surface area (Å²) in [7, 11) is 0. The lowest BCUT2D eigenvalue weighted by molar-refractivity contribution is 0.357. The maximum Gasteiger partial charge on any atom is 0.137 e. The zero-order valence-corrected chi connectivity index (χ0v) is 13.0. The van der Waals surface area contributed by atoms with Crippen molar-refractivity contribution >= 4 is 0 Å². The molecule has 4 nitrogen and oxygen atoms in total. The molecule has 0 amide bonds. The molecule has 1 saturated carbocycles. The van der Waals surface area contributed by atoms with Crippen LogP contribution in [0.15, 0.2) is 36.9 Å². The molecule has 5 heteroatoms. The van der Waals surface area contributed by atoms with E-state index in [1.54, 1.807) is 18.7 Å². The molecule has 1 fully saturated rings. The Hall–Kier alpha value is -1.75. The summed E-state index contributed by atoms with van der Waals surface area (Å²) in [5.74, 6) is -0.139. The van der Waals surface area contributed by atoms with E-state index in [-0.39, 0.29) is 11.2 Å². The first-order chi connectivity index (χ1) is 10.7. The predicted octanol–water partition coefficient (Wildman–Crippen LogP) is 2.91. The molecule has 1 N–H and O–H groups in total. The number of halogens is 1. The van der Waals surface area contributed by atoms with E-state index in [1.165, 1.54) is 18.9 Å². The van der Waals surface area contributed by atoms with Crippen LogP contribution in [0.4, 0.5) is 4.39 Å². The van der Waals surface area contributed by atoms with Crippen LogP contribution < -0.4 is 5.32 Å². The molecule has 1 aromatic heterocycles. The van der Waals surface area contributed by atoms with Crippen molar-refractivity contribution in [2.24, 2.45) is 0 Å². The summed E-state index contributed by atoms with van der Waals surface area (Å²) in [6.07, 6.45) is 7.97. The number of rotatable bonds is 6. The third kappa shape index (κ3) is 3.35. The van der Waals surface area contributed by atoms with Gasteiger partial charge < -0.3 is 5.32 Å². The first-order valence-electron chi connectivity index (χ1n) is 8.00. The van der Waals surface area contributed by atoms with E-state index in [4.69, 9.17) is 0 Å². The molecular formula is C17H23FN4. The average molecular weight is 302 g/mol. The van der Waals surface area contributed by atoms with Crippen LogP contribution >= 0.6 is 0 Å². The maximum atomic E-state index is 13.6. The largest absolute Gasteiger partial charge is 0.312 e. The van der Waals surface area contributed by atoms with E-state index >= 15 is 0 Å². The van der Waals surface area contributed by atoms with Gasteiger partial charge in [0, 0.05) is 18.0 Å². The Morgan fingerprint density at radius 2 is 2.18 bits per heavy atom. The summed E-state index contributed by atoms with van der Waals surface area (Å²) in [6, 6.07) is 7.41. The first-order valence-corrected chi connectivity index (χ1v) is 8.00. The van der Waals surface area contributed by atoms with Crippen molar-refractivity contribution in [3.8, 4) is 0 Å². The molecule has 1 aromatic carbocycles. The van der Waals surface area contributed by atoms with Crippen LogP contribution in [-0.4, -0.2) is 27.4 Å². The van der Waals surface area contributed by atoms with Crippen molar-refractivity contribution in [1.29, 1.82) is 0 Å². The molecule has 1 aliphatic carbocycles. The average Bonchev–Trinajstić information content (AvgIpc) is 3.17. The Kier molecular flexibility index (Phi) is 4.52. The second-order valence-corrected chi connectivity index (χ2v) is 6.40. The highest BCUT2D eigenvalue weighted by molar-refractivity contribution is 5.28. The number of hydrogen-bond donors (Lipinski definition) is 1. The molecule has 2 aromatic rings. The monoisotopic (exact) mass is 302 g/mol. The van der Waals surface area contributed by atoms with Crippen molar-refractivity contribution in [1.82, 2.24) is 20.1 Å². The van der Waals surface area contributed by atoms with Crippen LogP contribution in [0.3, 0.4) is 0 Å². The highest BCUT2D eigenvalue weighted by atomic mass is 19.1. The predicted molar refractivity (Wildman–Crippen MR) is 84.0 cm³/mol. The molecule has 0 radical (unpaired) electrons. The molecule has 3 rings (SSSR count). The van der Waals surface area contributed by atoms with Gasteiger partial charge in [-0.3, -0.25) is 4.68 Å². The molecule has 1 heterocycles. The lowest BCUT2D eigenvalue weighted by atomic mass is 9.78. The second-order valence-electron chi connectivity index (χ2n) is 6.40. The van der Waals surface area contributed by atoms with Gasteiger partial charge in [0.05, 0.1) is 6.54 Å². The third-order valence-electron chi connectivity index (χ3n) is 4.71. The molecule has 1 aliphatic rings. The molecule has 0 aliphatic heterocycles. The lowest BCUT2D eigenvalue weighted by Gasteiger charge is -2.31. The Labute approximate surface area is 130 Å². The Morgan fingerprint density at radius 3 is 2.86 bits per heavy atom. The van der Waals surface area contributed by atoms with Crippen LogP contribution in [0.25, 0.3) is 0 Å². The van der Waals surface area contributed by atoms with Crippen LogP contribution in [0.2, 0.25) is 0 Å². The molecule has 1 atom stereocenters. The first kappa shape index (κ1) is 15.2. The summed E-state index contributed by atoms with van der Waals surface area (Å²) < 4.78 is 15.4. The van der Waals surface area contributed by atoms with Gasteiger partial charge in [0.2, 0.25) is 0 Å². The quantitative estimate of drug-likeness (QED) is 0.892. The summed E-state index contributed by atoms with van der Waals surface area (Å²) in [5, 5.41) is 7.75. The van der Waals surface area contributed by atoms with E-state index in [9.17, 15) is 4.39 Å². The molecular weight excluding hydrogens is 279 g/mol. The SMILES string of the molecule is CC(Cn1cncn1)NCC1(c2cccc(F)c2)CCCC1. The van der Waals surface area contributed by atoms with Crippen molar-refractivity contribution in [2.75, 3.05) is 6.54 Å². The standard InChI is InChI=1S/C17H23FN4/c1-14(10-22-13-19-12-21-22)20-11-17(7-2-3-8-17)15-5-4-6-16(18)9-15/h4-6,9,12-14,20H,2-3,7-8,10-11H2,1H3. The highest BCUT2D eigenvalue weighted by Crippen LogP contribution is 2.40. The zero-order valence-electron chi connectivity index (χ0n) is 13.0. The van der Waals surface area contributed by atoms with Crippen LogP contribution in [0.5, 0.6) is 0 Å². The van der Waals surface area contributed by atoms with E-state index in [2.05, 4.69) is 28.4 Å². The smallest absolute Gasteiger partial charge is 0.137 e. The Bertz CT molecular complexity index is 590. The van der Waals surface area contributed by atoms with Gasteiger partial charge in [-0.2, -0.15) is 5.10 Å². The van der Waals surface area contributed by atoms with E-state index in [0.717, 1.165) is 31.5 Å². The molecule has 22 heavy (non-hydrogen) atoms. The van der Waals surface area contributed by atoms with E-state index < -0.39 is 0 Å². The molecule has 118 valence electrons. The fourth-order valence-corrected chi connectivity index (χ4v) is 3.48. The fraction of sp³-hybridized carbons (Fsp3) is 0.529. The number of hydrogen-bond acceptors (Lipinski definition) is 3. The molecule has 0 saturated heterocycles. The van der Waals surface area contributed by atoms with Crippen molar-refractivity contribution in [3.05, 3.63) is 48.3 Å². The van der Waals surface area contributed by atoms with Gasteiger partial charge in [-0.05, 0) is 37.5 Å². The van der Waals surface area contributed by atoms with Crippen LogP contribution in [0, 0.1) is 5.82 Å². The van der Waals surface area contributed by atoms with Gasteiger partial charge in [-0.1, -0.05) is 25.0 Å². The molecule has 1 unspecified atom stereocenters. The number of nitrogens with one attached hydrogen (secondary N) is 1. The van der Waals surface area contributed by atoms with Gasteiger partial charge >= 0.3 is 0 Å². The highest BCUT2D eigenvalue weighted by Gasteiger charge is 2.35. The molecule has 0 bridgehead atoms. The summed E-state index contributed by atoms with van der Waals surface area (Å²) in [4.78, 5) is 3.97. The van der Waals surface area contributed by atoms with Gasteiger partial charge in [-0.15, -0.1) is 0 Å². The fourth-order valence-electron chi connectivity index (χ4n) is 3.48. The van der Waals surface area contributed by atoms with Gasteiger partial charge in [0.15, 0.2) is 0 Å². The summed E-state index contributed by atoms with van der Waals surface area (Å²) >= 11 is 0. The molecule has 0 spiro atoms. The summed E-state index contributed by atoms with van der Waals surface area (Å²) in [6.45, 7) is 3.82. The number of benzene rings is 1. The lowest BCUT2D eigenvalue weighted by Crippen LogP contribution is -2.41.